The van der Waals surface area contributed by atoms with Gasteiger partial charge in [-0.25, -0.2) is 0 Å². The molecule has 3 heterocycles. The molecule has 5 rings (SSSR count). The zero-order valence-electron chi connectivity index (χ0n) is 24.6. The van der Waals surface area contributed by atoms with E-state index in [-0.39, 0.29) is 64.9 Å². The SMILES string of the molecule is CC1(C)CCCNC1c1ccc(O)c(C(=O)c2ccc(C(=O)N[C@@H]3CCCNC[C@H]3NC(=O)c3ccncc3)cc2)c1.Cl. The van der Waals surface area contributed by atoms with Gasteiger partial charge in [-0.2, -0.15) is 0 Å². The summed E-state index contributed by atoms with van der Waals surface area (Å²) in [5.41, 5.74) is 2.55. The molecular formula is C33H40ClN5O4. The number of carbonyl (C=O) groups is 3. The van der Waals surface area contributed by atoms with Gasteiger partial charge < -0.3 is 26.4 Å². The Morgan fingerprint density at radius 2 is 1.51 bits per heavy atom. The number of aromatic nitrogens is 1. The van der Waals surface area contributed by atoms with E-state index in [9.17, 15) is 19.5 Å². The molecule has 1 aromatic heterocycles. The topological polar surface area (TPSA) is 132 Å². The number of amides is 2. The van der Waals surface area contributed by atoms with E-state index in [0.717, 1.165) is 37.9 Å². The molecule has 5 N–H and O–H groups in total. The normalized spacial score (nSPS) is 21.5. The number of carbonyl (C=O) groups excluding carboxylic acids is 3. The fourth-order valence-electron chi connectivity index (χ4n) is 6.00. The monoisotopic (exact) mass is 605 g/mol. The van der Waals surface area contributed by atoms with Crippen molar-refractivity contribution in [2.45, 2.75) is 57.7 Å². The lowest BCUT2D eigenvalue weighted by molar-refractivity contribution is 0.0882. The molecule has 2 saturated heterocycles. The Bertz CT molecular complexity index is 1430. The van der Waals surface area contributed by atoms with Crippen LogP contribution in [0.2, 0.25) is 0 Å². The van der Waals surface area contributed by atoms with Crippen LogP contribution in [0.25, 0.3) is 0 Å². The van der Waals surface area contributed by atoms with Crippen LogP contribution < -0.4 is 21.3 Å². The molecule has 2 aromatic carbocycles. The molecule has 3 atom stereocenters. The molecule has 2 amide bonds. The van der Waals surface area contributed by atoms with Crippen LogP contribution >= 0.6 is 12.4 Å². The predicted molar refractivity (Wildman–Crippen MR) is 168 cm³/mol. The van der Waals surface area contributed by atoms with Crippen molar-refractivity contribution in [3.05, 3.63) is 94.8 Å². The van der Waals surface area contributed by atoms with Crippen LogP contribution in [0.3, 0.4) is 0 Å². The number of pyridine rings is 1. The molecule has 228 valence electrons. The Labute approximate surface area is 258 Å². The summed E-state index contributed by atoms with van der Waals surface area (Å²) in [5, 5.41) is 23.6. The van der Waals surface area contributed by atoms with Crippen LogP contribution in [0.5, 0.6) is 5.75 Å². The maximum atomic E-state index is 13.4. The Kier molecular flexibility index (Phi) is 10.6. The molecule has 1 unspecified atom stereocenters. The summed E-state index contributed by atoms with van der Waals surface area (Å²) in [7, 11) is 0. The summed E-state index contributed by atoms with van der Waals surface area (Å²) in [6.45, 7) is 6.67. The van der Waals surface area contributed by atoms with Gasteiger partial charge in [0.05, 0.1) is 17.6 Å². The number of nitrogens with zero attached hydrogens (tertiary/aromatic N) is 1. The second kappa shape index (κ2) is 14.1. The third-order valence-corrected chi connectivity index (χ3v) is 8.43. The molecule has 0 saturated carbocycles. The van der Waals surface area contributed by atoms with E-state index < -0.39 is 0 Å². The zero-order valence-corrected chi connectivity index (χ0v) is 25.4. The predicted octanol–water partition coefficient (Wildman–Crippen LogP) is 4.17. The van der Waals surface area contributed by atoms with Gasteiger partial charge >= 0.3 is 0 Å². The number of phenols is 1. The van der Waals surface area contributed by atoms with Crippen molar-refractivity contribution in [3.63, 3.8) is 0 Å². The van der Waals surface area contributed by atoms with Gasteiger partial charge in [0.25, 0.3) is 11.8 Å². The lowest BCUT2D eigenvalue weighted by Crippen LogP contribution is -2.54. The fourth-order valence-corrected chi connectivity index (χ4v) is 6.00. The van der Waals surface area contributed by atoms with Crippen LogP contribution in [-0.4, -0.2) is 59.4 Å². The molecule has 0 aliphatic carbocycles. The van der Waals surface area contributed by atoms with Gasteiger partial charge in [-0.15, -0.1) is 12.4 Å². The quantitative estimate of drug-likeness (QED) is 0.255. The van der Waals surface area contributed by atoms with Crippen LogP contribution in [-0.2, 0) is 0 Å². The van der Waals surface area contributed by atoms with Crippen LogP contribution in [0, 0.1) is 5.41 Å². The summed E-state index contributed by atoms with van der Waals surface area (Å²) < 4.78 is 0. The highest BCUT2D eigenvalue weighted by molar-refractivity contribution is 6.11. The molecule has 0 radical (unpaired) electrons. The molecule has 2 aliphatic heterocycles. The number of nitrogens with one attached hydrogen (secondary N) is 4. The van der Waals surface area contributed by atoms with Crippen molar-refractivity contribution < 1.29 is 19.5 Å². The highest BCUT2D eigenvalue weighted by Gasteiger charge is 2.34. The average molecular weight is 606 g/mol. The molecular weight excluding hydrogens is 566 g/mol. The van der Waals surface area contributed by atoms with Crippen LogP contribution in [0.1, 0.15) is 87.8 Å². The Balaban J connectivity index is 0.00000423. The molecule has 3 aromatic rings. The second-order valence-electron chi connectivity index (χ2n) is 11.9. The lowest BCUT2D eigenvalue weighted by atomic mass is 9.74. The van der Waals surface area contributed by atoms with E-state index >= 15 is 0 Å². The van der Waals surface area contributed by atoms with E-state index in [2.05, 4.69) is 40.1 Å². The van der Waals surface area contributed by atoms with Gasteiger partial charge in [0.2, 0.25) is 0 Å². The van der Waals surface area contributed by atoms with E-state index in [1.54, 1.807) is 60.9 Å². The van der Waals surface area contributed by atoms with Gasteiger partial charge in [0, 0.05) is 41.7 Å². The minimum atomic E-state index is -0.302. The highest BCUT2D eigenvalue weighted by atomic mass is 35.5. The first-order valence-electron chi connectivity index (χ1n) is 14.7. The largest absolute Gasteiger partial charge is 0.507 e. The van der Waals surface area contributed by atoms with Crippen LogP contribution in [0.4, 0.5) is 0 Å². The number of hydrogen-bond acceptors (Lipinski definition) is 7. The molecule has 2 fully saturated rings. The number of ketones is 1. The van der Waals surface area contributed by atoms with Crippen molar-refractivity contribution in [2.24, 2.45) is 5.41 Å². The number of benzene rings is 2. The standard InChI is InChI=1S/C33H39N5O4.ClH/c1-33(2)14-4-16-36-30(33)24-10-11-28(39)25(19-24)29(40)21-6-8-22(9-7-21)31(41)37-26-5-3-15-35-20-27(26)38-32(42)23-12-17-34-18-13-23;/h6-13,17-19,26-27,30,35-36,39H,3-5,14-16,20H2,1-2H3,(H,37,41)(H,38,42);1H/t26-,27-,30?;/m1./s1. The van der Waals surface area contributed by atoms with Crippen molar-refractivity contribution in [1.29, 1.82) is 0 Å². The van der Waals surface area contributed by atoms with E-state index in [4.69, 9.17) is 0 Å². The van der Waals surface area contributed by atoms with Gasteiger partial charge in [-0.3, -0.25) is 19.4 Å². The smallest absolute Gasteiger partial charge is 0.251 e. The third-order valence-electron chi connectivity index (χ3n) is 8.43. The van der Waals surface area contributed by atoms with Gasteiger partial charge in [0.1, 0.15) is 5.75 Å². The number of hydrogen-bond donors (Lipinski definition) is 5. The molecule has 43 heavy (non-hydrogen) atoms. The van der Waals surface area contributed by atoms with E-state index in [1.165, 1.54) is 0 Å². The molecule has 0 spiro atoms. The number of halogens is 1. The average Bonchev–Trinajstić information content (AvgIpc) is 3.22. The van der Waals surface area contributed by atoms with E-state index in [1.807, 2.05) is 6.07 Å². The van der Waals surface area contributed by atoms with Gasteiger partial charge in [0.15, 0.2) is 5.78 Å². The van der Waals surface area contributed by atoms with Crippen molar-refractivity contribution in [3.8, 4) is 5.75 Å². The Hall–Kier alpha value is -3.79. The minimum Gasteiger partial charge on any atom is -0.507 e. The summed E-state index contributed by atoms with van der Waals surface area (Å²) >= 11 is 0. The number of rotatable bonds is 7. The molecule has 9 nitrogen and oxygen atoms in total. The zero-order chi connectivity index (χ0) is 29.7. The molecule has 0 bridgehead atoms. The van der Waals surface area contributed by atoms with Gasteiger partial charge in [-0.1, -0.05) is 32.0 Å². The third kappa shape index (κ3) is 7.60. The van der Waals surface area contributed by atoms with Crippen molar-refractivity contribution in [1.82, 2.24) is 26.3 Å². The number of phenolic OH excluding ortho intramolecular Hbond substituents is 1. The second-order valence-corrected chi connectivity index (χ2v) is 11.9. The Morgan fingerprint density at radius 3 is 2.21 bits per heavy atom. The summed E-state index contributed by atoms with van der Waals surface area (Å²) in [5.74, 6) is -0.868. The number of aromatic hydroxyl groups is 1. The molecule has 10 heteroatoms. The first-order chi connectivity index (χ1) is 20.2. The van der Waals surface area contributed by atoms with Crippen molar-refractivity contribution in [2.75, 3.05) is 19.6 Å². The first-order valence-corrected chi connectivity index (χ1v) is 14.7. The highest BCUT2D eigenvalue weighted by Crippen LogP contribution is 2.41. The maximum Gasteiger partial charge on any atom is 0.251 e. The fraction of sp³-hybridized carbons (Fsp3) is 0.394. The first kappa shape index (κ1) is 32.1. The number of piperidine rings is 1. The van der Waals surface area contributed by atoms with Gasteiger partial charge in [-0.05, 0) is 86.1 Å². The van der Waals surface area contributed by atoms with Crippen molar-refractivity contribution >= 4 is 30.0 Å². The summed E-state index contributed by atoms with van der Waals surface area (Å²) in [6, 6.07) is 14.5. The van der Waals surface area contributed by atoms with Crippen LogP contribution in [0.15, 0.2) is 67.0 Å². The summed E-state index contributed by atoms with van der Waals surface area (Å²) in [4.78, 5) is 43.4. The molecule has 2 aliphatic rings. The van der Waals surface area contributed by atoms with E-state index in [0.29, 0.717) is 29.7 Å². The minimum absolute atomic E-state index is 0. The maximum absolute atomic E-state index is 13.4. The summed E-state index contributed by atoms with van der Waals surface area (Å²) in [6.07, 6.45) is 6.88. The Morgan fingerprint density at radius 1 is 0.860 bits per heavy atom. The lowest BCUT2D eigenvalue weighted by Gasteiger charge is -2.40.